The van der Waals surface area contributed by atoms with Gasteiger partial charge in [0.2, 0.25) is 0 Å². The Labute approximate surface area is 107 Å². The predicted molar refractivity (Wildman–Crippen MR) is 74.3 cm³/mol. The molecule has 2 N–H and O–H groups in total. The molecule has 2 nitrogen and oxygen atoms in total. The molecule has 0 saturated carbocycles. The molecule has 0 aromatic heterocycles. The maximum atomic E-state index is 10.1. The lowest BCUT2D eigenvalue weighted by atomic mass is 9.97. The van der Waals surface area contributed by atoms with Gasteiger partial charge < -0.3 is 10.2 Å². The summed E-state index contributed by atoms with van der Waals surface area (Å²) in [6.07, 6.45) is -0.812. The normalized spacial score (nSPS) is 14.4. The van der Waals surface area contributed by atoms with Crippen molar-refractivity contribution in [1.82, 2.24) is 0 Å². The van der Waals surface area contributed by atoms with Crippen molar-refractivity contribution in [2.24, 2.45) is 0 Å². The number of fused-ring (bicyclic) bond motifs is 1. The minimum Gasteiger partial charge on any atom is -0.389 e. The number of hydrogen-bond donors (Lipinski definition) is 2. The van der Waals surface area contributed by atoms with Crippen molar-refractivity contribution >= 4 is 10.8 Å². The molecule has 0 aliphatic rings. The molecule has 0 heterocycles. The van der Waals surface area contributed by atoms with Gasteiger partial charge in [-0.05, 0) is 34.9 Å². The molecule has 0 bridgehead atoms. The molecular formula is C16H18O2. The number of benzene rings is 2. The SMILES string of the molecule is C=C(C[C@H](O)c1ccc2ccccc2c1)[C@@H](C)O. The molecule has 2 heteroatoms. The van der Waals surface area contributed by atoms with Crippen molar-refractivity contribution in [1.29, 1.82) is 0 Å². The first kappa shape index (κ1) is 12.8. The lowest BCUT2D eigenvalue weighted by Gasteiger charge is -2.15. The standard InChI is InChI=1S/C16H18O2/c1-11(12(2)17)9-16(18)15-8-7-13-5-3-4-6-14(13)10-15/h3-8,10,12,16-18H,1,9H2,2H3/t12-,16+/m1/s1. The summed E-state index contributed by atoms with van der Waals surface area (Å²) < 4.78 is 0. The molecule has 2 atom stereocenters. The van der Waals surface area contributed by atoms with E-state index in [1.54, 1.807) is 6.92 Å². The van der Waals surface area contributed by atoms with Crippen LogP contribution in [0.3, 0.4) is 0 Å². The maximum Gasteiger partial charge on any atom is 0.0828 e. The van der Waals surface area contributed by atoms with Gasteiger partial charge in [0.25, 0.3) is 0 Å². The van der Waals surface area contributed by atoms with E-state index >= 15 is 0 Å². The lowest BCUT2D eigenvalue weighted by molar-refractivity contribution is 0.159. The minimum atomic E-state index is -0.614. The van der Waals surface area contributed by atoms with Crippen molar-refractivity contribution in [2.45, 2.75) is 25.6 Å². The summed E-state index contributed by atoms with van der Waals surface area (Å²) in [5, 5.41) is 21.8. The van der Waals surface area contributed by atoms with E-state index in [4.69, 9.17) is 0 Å². The molecule has 0 unspecified atom stereocenters. The van der Waals surface area contributed by atoms with Crippen LogP contribution in [-0.2, 0) is 0 Å². The van der Waals surface area contributed by atoms with Gasteiger partial charge in [0.05, 0.1) is 12.2 Å². The van der Waals surface area contributed by atoms with Crippen LogP contribution in [0.4, 0.5) is 0 Å². The van der Waals surface area contributed by atoms with E-state index in [0.717, 1.165) is 16.3 Å². The first-order valence-electron chi connectivity index (χ1n) is 6.10. The summed E-state index contributed by atoms with van der Waals surface area (Å²) in [7, 11) is 0. The summed E-state index contributed by atoms with van der Waals surface area (Å²) in [4.78, 5) is 0. The van der Waals surface area contributed by atoms with Gasteiger partial charge in [0, 0.05) is 6.42 Å². The van der Waals surface area contributed by atoms with Gasteiger partial charge in [-0.3, -0.25) is 0 Å². The molecule has 2 rings (SSSR count). The largest absolute Gasteiger partial charge is 0.389 e. The van der Waals surface area contributed by atoms with Gasteiger partial charge in [-0.15, -0.1) is 0 Å². The van der Waals surface area contributed by atoms with Crippen LogP contribution < -0.4 is 0 Å². The Hall–Kier alpha value is -1.64. The van der Waals surface area contributed by atoms with E-state index in [-0.39, 0.29) is 0 Å². The summed E-state index contributed by atoms with van der Waals surface area (Å²) >= 11 is 0. The number of rotatable bonds is 4. The average molecular weight is 242 g/mol. The van der Waals surface area contributed by atoms with Crippen LogP contribution in [0.2, 0.25) is 0 Å². The van der Waals surface area contributed by atoms with Crippen molar-refractivity contribution in [3.05, 3.63) is 60.2 Å². The van der Waals surface area contributed by atoms with Crippen LogP contribution in [0.25, 0.3) is 10.8 Å². The second-order valence-electron chi connectivity index (χ2n) is 4.66. The molecule has 0 amide bonds. The van der Waals surface area contributed by atoms with Gasteiger partial charge in [0.15, 0.2) is 0 Å². The highest BCUT2D eigenvalue weighted by Crippen LogP contribution is 2.25. The molecule has 0 saturated heterocycles. The summed E-state index contributed by atoms with van der Waals surface area (Å²) in [6, 6.07) is 13.9. The Balaban J connectivity index is 2.22. The fourth-order valence-electron chi connectivity index (χ4n) is 1.95. The average Bonchev–Trinajstić information content (AvgIpc) is 2.37. The second kappa shape index (κ2) is 5.34. The van der Waals surface area contributed by atoms with Crippen LogP contribution in [0, 0.1) is 0 Å². The van der Waals surface area contributed by atoms with E-state index < -0.39 is 12.2 Å². The molecule has 18 heavy (non-hydrogen) atoms. The highest BCUT2D eigenvalue weighted by molar-refractivity contribution is 5.83. The molecule has 94 valence electrons. The van der Waals surface area contributed by atoms with Crippen molar-refractivity contribution < 1.29 is 10.2 Å². The number of aliphatic hydroxyl groups excluding tert-OH is 2. The highest BCUT2D eigenvalue weighted by atomic mass is 16.3. The first-order chi connectivity index (χ1) is 8.58. The topological polar surface area (TPSA) is 40.5 Å². The Morgan fingerprint density at radius 2 is 1.78 bits per heavy atom. The Bertz CT molecular complexity index is 558. The third kappa shape index (κ3) is 2.78. The molecule has 2 aromatic carbocycles. The van der Waals surface area contributed by atoms with E-state index in [1.165, 1.54) is 0 Å². The van der Waals surface area contributed by atoms with Gasteiger partial charge in [-0.25, -0.2) is 0 Å². The third-order valence-corrected chi connectivity index (χ3v) is 3.20. The van der Waals surface area contributed by atoms with Crippen molar-refractivity contribution in [2.75, 3.05) is 0 Å². The van der Waals surface area contributed by atoms with Gasteiger partial charge >= 0.3 is 0 Å². The molecule has 0 radical (unpaired) electrons. The van der Waals surface area contributed by atoms with Gasteiger partial charge in [-0.2, -0.15) is 0 Å². The first-order valence-corrected chi connectivity index (χ1v) is 6.10. The molecule has 0 aliphatic carbocycles. The third-order valence-electron chi connectivity index (χ3n) is 3.20. The van der Waals surface area contributed by atoms with Crippen LogP contribution in [-0.4, -0.2) is 16.3 Å². The minimum absolute atomic E-state index is 0.385. The number of hydrogen-bond acceptors (Lipinski definition) is 2. The van der Waals surface area contributed by atoms with Crippen LogP contribution in [0.15, 0.2) is 54.6 Å². The molecule has 0 fully saturated rings. The fraction of sp³-hybridized carbons (Fsp3) is 0.250. The van der Waals surface area contributed by atoms with E-state index in [0.29, 0.717) is 12.0 Å². The molecule has 0 aliphatic heterocycles. The Kier molecular flexibility index (Phi) is 3.80. The Morgan fingerprint density at radius 1 is 1.11 bits per heavy atom. The van der Waals surface area contributed by atoms with E-state index in [2.05, 4.69) is 6.58 Å². The number of aliphatic hydroxyl groups is 2. The molecular weight excluding hydrogens is 224 g/mol. The van der Waals surface area contributed by atoms with Crippen LogP contribution >= 0.6 is 0 Å². The summed E-state index contributed by atoms with van der Waals surface area (Å²) in [6.45, 7) is 5.43. The zero-order valence-corrected chi connectivity index (χ0v) is 10.5. The zero-order chi connectivity index (χ0) is 13.1. The maximum absolute atomic E-state index is 10.1. The molecule has 2 aromatic rings. The van der Waals surface area contributed by atoms with E-state index in [9.17, 15) is 10.2 Å². The van der Waals surface area contributed by atoms with Crippen molar-refractivity contribution in [3.63, 3.8) is 0 Å². The summed E-state index contributed by atoms with van der Waals surface area (Å²) in [5.41, 5.74) is 1.51. The smallest absolute Gasteiger partial charge is 0.0828 e. The van der Waals surface area contributed by atoms with Crippen LogP contribution in [0.5, 0.6) is 0 Å². The fourth-order valence-corrected chi connectivity index (χ4v) is 1.95. The predicted octanol–water partition coefficient (Wildman–Crippen LogP) is 3.20. The van der Waals surface area contributed by atoms with Crippen LogP contribution in [0.1, 0.15) is 25.0 Å². The second-order valence-corrected chi connectivity index (χ2v) is 4.66. The Morgan fingerprint density at radius 3 is 2.44 bits per heavy atom. The lowest BCUT2D eigenvalue weighted by Crippen LogP contribution is -2.08. The van der Waals surface area contributed by atoms with E-state index in [1.807, 2.05) is 42.5 Å². The quantitative estimate of drug-likeness (QED) is 0.808. The zero-order valence-electron chi connectivity index (χ0n) is 10.5. The van der Waals surface area contributed by atoms with Gasteiger partial charge in [-0.1, -0.05) is 43.0 Å². The highest BCUT2D eigenvalue weighted by Gasteiger charge is 2.12. The molecule has 0 spiro atoms. The van der Waals surface area contributed by atoms with Crippen molar-refractivity contribution in [3.8, 4) is 0 Å². The summed E-state index contributed by atoms with van der Waals surface area (Å²) in [5.74, 6) is 0. The van der Waals surface area contributed by atoms with Gasteiger partial charge in [0.1, 0.15) is 0 Å². The monoisotopic (exact) mass is 242 g/mol.